The van der Waals surface area contributed by atoms with Gasteiger partial charge in [-0.1, -0.05) is 6.92 Å². The molecule has 1 amide bonds. The molecule has 2 saturated heterocycles. The summed E-state index contributed by atoms with van der Waals surface area (Å²) in [5.74, 6) is 0.781. The molecule has 3 fully saturated rings. The summed E-state index contributed by atoms with van der Waals surface area (Å²) in [6.07, 6.45) is 5.29. The number of hydrogen-bond donors (Lipinski definition) is 1. The first kappa shape index (κ1) is 21.2. The Bertz CT molecular complexity index is 690. The quantitative estimate of drug-likeness (QED) is 0.765. The highest BCUT2D eigenvalue weighted by molar-refractivity contribution is 7.09. The lowest BCUT2D eigenvalue weighted by Crippen LogP contribution is -2.61. The molecule has 0 aromatic carbocycles. The number of morpholine rings is 1. The summed E-state index contributed by atoms with van der Waals surface area (Å²) in [7, 11) is 0. The van der Waals surface area contributed by atoms with Crippen LogP contribution in [0.4, 0.5) is 0 Å². The van der Waals surface area contributed by atoms with Crippen molar-refractivity contribution in [1.29, 1.82) is 0 Å². The number of nitrogens with zero attached hydrogens (tertiary/aromatic N) is 3. The molecule has 0 radical (unpaired) electrons. The van der Waals surface area contributed by atoms with Crippen LogP contribution in [-0.2, 0) is 16.0 Å². The van der Waals surface area contributed by atoms with Gasteiger partial charge in [0.2, 0.25) is 5.91 Å². The van der Waals surface area contributed by atoms with Gasteiger partial charge in [-0.2, -0.15) is 0 Å². The summed E-state index contributed by atoms with van der Waals surface area (Å²) in [5.41, 5.74) is 0.859. The highest BCUT2D eigenvalue weighted by atomic mass is 32.1. The fraction of sp³-hybridized carbons (Fsp3) is 0.818. The number of rotatable bonds is 6. The van der Waals surface area contributed by atoms with Gasteiger partial charge in [-0.25, -0.2) is 4.98 Å². The largest absolute Gasteiger partial charge is 0.379 e. The second kappa shape index (κ2) is 9.41. The van der Waals surface area contributed by atoms with E-state index in [2.05, 4.69) is 32.4 Å². The van der Waals surface area contributed by atoms with Crippen LogP contribution in [0.15, 0.2) is 5.38 Å². The van der Waals surface area contributed by atoms with Crippen LogP contribution in [0.3, 0.4) is 0 Å². The average molecular weight is 421 g/mol. The summed E-state index contributed by atoms with van der Waals surface area (Å²) in [6, 6.07) is 0.622. The van der Waals surface area contributed by atoms with Gasteiger partial charge in [-0.3, -0.25) is 9.69 Å². The fourth-order valence-corrected chi connectivity index (χ4v) is 6.39. The number of fused-ring (bicyclic) bond motifs is 1. The summed E-state index contributed by atoms with van der Waals surface area (Å²) in [6.45, 7) is 11.8. The normalized spacial score (nSPS) is 31.4. The van der Waals surface area contributed by atoms with Gasteiger partial charge in [-0.15, -0.1) is 11.3 Å². The molecule has 162 valence electrons. The molecule has 29 heavy (non-hydrogen) atoms. The van der Waals surface area contributed by atoms with Crippen LogP contribution in [0.5, 0.6) is 0 Å². The number of nitrogens with one attached hydrogen (secondary N) is 1. The molecule has 2 aliphatic heterocycles. The van der Waals surface area contributed by atoms with Crippen LogP contribution in [0, 0.1) is 18.3 Å². The van der Waals surface area contributed by atoms with Gasteiger partial charge in [-0.05, 0) is 51.6 Å². The number of aromatic nitrogens is 1. The SMILES string of the molecule is CCN1CC[C@@H]2C[C@@H](N3CCOCC3)CC[C@@]2(C(=O)NCCc2nc(C)cs2)C1. The number of thiazole rings is 1. The Balaban J connectivity index is 1.41. The topological polar surface area (TPSA) is 57.7 Å². The Morgan fingerprint density at radius 3 is 2.90 bits per heavy atom. The third-order valence-electron chi connectivity index (χ3n) is 7.31. The number of piperidine rings is 1. The maximum Gasteiger partial charge on any atom is 0.227 e. The van der Waals surface area contributed by atoms with Crippen LogP contribution >= 0.6 is 11.3 Å². The van der Waals surface area contributed by atoms with Gasteiger partial charge >= 0.3 is 0 Å². The van der Waals surface area contributed by atoms with Crippen LogP contribution in [0.25, 0.3) is 0 Å². The van der Waals surface area contributed by atoms with Gasteiger partial charge < -0.3 is 15.0 Å². The minimum Gasteiger partial charge on any atom is -0.379 e. The molecular weight excluding hydrogens is 384 g/mol. The van der Waals surface area contributed by atoms with E-state index in [1.54, 1.807) is 11.3 Å². The van der Waals surface area contributed by atoms with Gasteiger partial charge in [0.05, 0.1) is 23.6 Å². The van der Waals surface area contributed by atoms with Crippen molar-refractivity contribution >= 4 is 17.2 Å². The smallest absolute Gasteiger partial charge is 0.227 e. The van der Waals surface area contributed by atoms with Crippen molar-refractivity contribution in [3.8, 4) is 0 Å². The molecule has 1 aromatic heterocycles. The second-order valence-electron chi connectivity index (χ2n) is 8.98. The van der Waals surface area contributed by atoms with E-state index in [1.807, 2.05) is 6.92 Å². The Hall–Kier alpha value is -1.02. The van der Waals surface area contributed by atoms with Crippen molar-refractivity contribution in [1.82, 2.24) is 20.1 Å². The first-order valence-corrected chi connectivity index (χ1v) is 12.2. The first-order chi connectivity index (χ1) is 14.1. The zero-order valence-electron chi connectivity index (χ0n) is 18.0. The number of ether oxygens (including phenoxy) is 1. The summed E-state index contributed by atoms with van der Waals surface area (Å²) >= 11 is 1.69. The van der Waals surface area contributed by atoms with E-state index in [9.17, 15) is 4.79 Å². The molecule has 3 atom stereocenters. The molecular formula is C22H36N4O2S. The molecule has 1 aromatic rings. The minimum absolute atomic E-state index is 0.212. The second-order valence-corrected chi connectivity index (χ2v) is 9.92. The molecule has 6 nitrogen and oxygen atoms in total. The highest BCUT2D eigenvalue weighted by Crippen LogP contribution is 2.47. The average Bonchev–Trinajstić information content (AvgIpc) is 3.18. The molecule has 1 aliphatic carbocycles. The van der Waals surface area contributed by atoms with Crippen LogP contribution in [0.2, 0.25) is 0 Å². The molecule has 1 saturated carbocycles. The standard InChI is InChI=1S/C22H36N4O2S/c1-3-25-9-6-18-14-19(26-10-12-28-13-11-26)4-7-22(18,16-25)21(27)23-8-5-20-24-17(2)15-29-20/h15,18-19H,3-14,16H2,1-2H3,(H,23,27)/t18-,19+,22-/m1/s1. The fourth-order valence-electron chi connectivity index (χ4n) is 5.61. The predicted molar refractivity (Wildman–Crippen MR) is 116 cm³/mol. The van der Waals surface area contributed by atoms with Gasteiger partial charge in [0.15, 0.2) is 0 Å². The van der Waals surface area contributed by atoms with Crippen molar-refractivity contribution < 1.29 is 9.53 Å². The Labute approximate surface area is 179 Å². The third-order valence-corrected chi connectivity index (χ3v) is 8.34. The maximum atomic E-state index is 13.5. The Morgan fingerprint density at radius 2 is 2.17 bits per heavy atom. The number of amides is 1. The summed E-state index contributed by atoms with van der Waals surface area (Å²) < 4.78 is 5.55. The molecule has 7 heteroatoms. The zero-order valence-corrected chi connectivity index (χ0v) is 18.8. The zero-order chi connectivity index (χ0) is 20.3. The highest BCUT2D eigenvalue weighted by Gasteiger charge is 2.52. The maximum absolute atomic E-state index is 13.5. The van der Waals surface area contributed by atoms with Crippen molar-refractivity contribution in [2.45, 2.75) is 52.0 Å². The molecule has 4 rings (SSSR count). The van der Waals surface area contributed by atoms with Crippen LogP contribution in [-0.4, -0.2) is 79.2 Å². The van der Waals surface area contributed by atoms with E-state index in [0.717, 1.165) is 88.7 Å². The Morgan fingerprint density at radius 1 is 1.34 bits per heavy atom. The van der Waals surface area contributed by atoms with E-state index in [0.29, 0.717) is 18.5 Å². The lowest BCUT2D eigenvalue weighted by molar-refractivity contribution is -0.144. The van der Waals surface area contributed by atoms with Crippen molar-refractivity contribution in [2.75, 3.05) is 52.5 Å². The number of carbonyl (C=O) groups is 1. The molecule has 0 bridgehead atoms. The van der Waals surface area contributed by atoms with Crippen molar-refractivity contribution in [3.63, 3.8) is 0 Å². The van der Waals surface area contributed by atoms with Crippen LogP contribution < -0.4 is 5.32 Å². The van der Waals surface area contributed by atoms with Crippen molar-refractivity contribution in [3.05, 3.63) is 16.1 Å². The lowest BCUT2D eigenvalue weighted by atomic mass is 9.61. The van der Waals surface area contributed by atoms with E-state index in [1.165, 1.54) is 0 Å². The van der Waals surface area contributed by atoms with Gasteiger partial charge in [0, 0.05) is 49.7 Å². The molecule has 0 spiro atoms. The van der Waals surface area contributed by atoms with Crippen molar-refractivity contribution in [2.24, 2.45) is 11.3 Å². The monoisotopic (exact) mass is 420 g/mol. The molecule has 3 aliphatic rings. The number of carbonyl (C=O) groups excluding carboxylic acids is 1. The van der Waals surface area contributed by atoms with E-state index >= 15 is 0 Å². The van der Waals surface area contributed by atoms with Crippen LogP contribution in [0.1, 0.15) is 43.3 Å². The minimum atomic E-state index is -0.212. The number of aryl methyl sites for hydroxylation is 1. The van der Waals surface area contributed by atoms with E-state index < -0.39 is 0 Å². The first-order valence-electron chi connectivity index (χ1n) is 11.3. The van der Waals surface area contributed by atoms with E-state index in [-0.39, 0.29) is 11.3 Å². The molecule has 0 unspecified atom stereocenters. The summed E-state index contributed by atoms with van der Waals surface area (Å²) in [4.78, 5) is 23.1. The molecule has 1 N–H and O–H groups in total. The van der Waals surface area contributed by atoms with E-state index in [4.69, 9.17) is 4.74 Å². The number of likely N-dealkylation sites (tertiary alicyclic amines) is 1. The third kappa shape index (κ3) is 4.68. The van der Waals surface area contributed by atoms with Gasteiger partial charge in [0.25, 0.3) is 0 Å². The summed E-state index contributed by atoms with van der Waals surface area (Å²) in [5, 5.41) is 6.51. The number of hydrogen-bond acceptors (Lipinski definition) is 6. The van der Waals surface area contributed by atoms with Gasteiger partial charge in [0.1, 0.15) is 0 Å². The lowest BCUT2D eigenvalue weighted by Gasteiger charge is -2.53. The Kier molecular flexibility index (Phi) is 6.89. The molecule has 3 heterocycles. The predicted octanol–water partition coefficient (Wildman–Crippen LogP) is 2.32.